The molecule has 1 aromatic heterocycles. The Morgan fingerprint density at radius 3 is 2.90 bits per heavy atom. The molecule has 0 fully saturated rings. The highest BCUT2D eigenvalue weighted by Gasteiger charge is 2.17. The van der Waals surface area contributed by atoms with Gasteiger partial charge in [0.1, 0.15) is 0 Å². The van der Waals surface area contributed by atoms with Gasteiger partial charge < -0.3 is 15.3 Å². The lowest BCUT2D eigenvalue weighted by Crippen LogP contribution is -2.42. The zero-order valence-corrected chi connectivity index (χ0v) is 11.8. The molecule has 7 nitrogen and oxygen atoms in total. The van der Waals surface area contributed by atoms with Crippen molar-refractivity contribution < 1.29 is 14.7 Å². The molecule has 0 saturated carbocycles. The summed E-state index contributed by atoms with van der Waals surface area (Å²) >= 11 is 0. The summed E-state index contributed by atoms with van der Waals surface area (Å²) in [5, 5.41) is 20.0. The third-order valence-electron chi connectivity index (χ3n) is 2.86. The van der Waals surface area contributed by atoms with E-state index in [0.29, 0.717) is 6.54 Å². The van der Waals surface area contributed by atoms with Gasteiger partial charge in [0.15, 0.2) is 0 Å². The highest BCUT2D eigenvalue weighted by molar-refractivity contribution is 5.76. The summed E-state index contributed by atoms with van der Waals surface area (Å²) in [6, 6.07) is 5.20. The molecule has 112 valence electrons. The van der Waals surface area contributed by atoms with Crippen LogP contribution in [0, 0.1) is 17.2 Å². The highest BCUT2D eigenvalue weighted by Crippen LogP contribution is 2.04. The molecule has 1 aromatic rings. The molecular formula is C14H18N4O3. The quantitative estimate of drug-likeness (QED) is 0.785. The highest BCUT2D eigenvalue weighted by atomic mass is 16.4. The standard InChI is InChI=1S/C14H18N4O3/c1-11(13(19)20)8-17-14(21)18(7-3-5-15)10-12-4-2-6-16-9-12/h2,4,6,9,11H,3,7-8,10H2,1H3,(H,17,21)(H,19,20). The monoisotopic (exact) mass is 290 g/mol. The van der Waals surface area contributed by atoms with Crippen LogP contribution in [0.15, 0.2) is 24.5 Å². The van der Waals surface area contributed by atoms with Gasteiger partial charge in [0.05, 0.1) is 18.4 Å². The second-order valence-electron chi connectivity index (χ2n) is 4.62. The van der Waals surface area contributed by atoms with E-state index in [1.54, 1.807) is 18.5 Å². The lowest BCUT2D eigenvalue weighted by molar-refractivity contribution is -0.140. The van der Waals surface area contributed by atoms with Gasteiger partial charge in [0, 0.05) is 32.0 Å². The SMILES string of the molecule is CC(CNC(=O)N(CCC#N)Cc1cccnc1)C(=O)O. The molecule has 7 heteroatoms. The lowest BCUT2D eigenvalue weighted by Gasteiger charge is -2.22. The maximum Gasteiger partial charge on any atom is 0.317 e. The van der Waals surface area contributed by atoms with Crippen LogP contribution in [0.2, 0.25) is 0 Å². The van der Waals surface area contributed by atoms with Gasteiger partial charge in [0.25, 0.3) is 0 Å². The Morgan fingerprint density at radius 1 is 1.57 bits per heavy atom. The summed E-state index contributed by atoms with van der Waals surface area (Å²) in [5.41, 5.74) is 0.844. The minimum absolute atomic E-state index is 0.0459. The van der Waals surface area contributed by atoms with Gasteiger partial charge in [-0.3, -0.25) is 9.78 Å². The van der Waals surface area contributed by atoms with Crippen molar-refractivity contribution in [2.45, 2.75) is 19.9 Å². The number of urea groups is 1. The number of nitrogens with zero attached hydrogens (tertiary/aromatic N) is 3. The van der Waals surface area contributed by atoms with E-state index in [-0.39, 0.29) is 25.5 Å². The number of rotatable bonds is 7. The molecule has 2 amide bonds. The van der Waals surface area contributed by atoms with E-state index in [0.717, 1.165) is 5.56 Å². The van der Waals surface area contributed by atoms with Crippen molar-refractivity contribution in [3.8, 4) is 6.07 Å². The van der Waals surface area contributed by atoms with E-state index in [4.69, 9.17) is 10.4 Å². The van der Waals surface area contributed by atoms with Crippen LogP contribution >= 0.6 is 0 Å². The van der Waals surface area contributed by atoms with Gasteiger partial charge in [-0.15, -0.1) is 0 Å². The topological polar surface area (TPSA) is 106 Å². The molecule has 0 bridgehead atoms. The summed E-state index contributed by atoms with van der Waals surface area (Å²) in [6.45, 7) is 2.16. The Kier molecular flexibility index (Phi) is 6.68. The molecule has 0 aliphatic heterocycles. The first-order chi connectivity index (χ1) is 10.0. The molecule has 1 unspecified atom stereocenters. The van der Waals surface area contributed by atoms with Crippen LogP contribution in [-0.4, -0.2) is 40.1 Å². The van der Waals surface area contributed by atoms with Crippen LogP contribution in [0.1, 0.15) is 18.9 Å². The van der Waals surface area contributed by atoms with Crippen molar-refractivity contribution in [1.82, 2.24) is 15.2 Å². The lowest BCUT2D eigenvalue weighted by atomic mass is 10.2. The molecule has 1 atom stereocenters. The van der Waals surface area contributed by atoms with E-state index < -0.39 is 11.9 Å². The predicted molar refractivity (Wildman–Crippen MR) is 75.1 cm³/mol. The van der Waals surface area contributed by atoms with Crippen LogP contribution in [0.4, 0.5) is 4.79 Å². The smallest absolute Gasteiger partial charge is 0.317 e. The number of nitriles is 1. The predicted octanol–water partition coefficient (Wildman–Crippen LogP) is 1.23. The number of hydrogen-bond acceptors (Lipinski definition) is 4. The number of carbonyl (C=O) groups excluding carboxylic acids is 1. The van der Waals surface area contributed by atoms with Crippen LogP contribution in [0.25, 0.3) is 0 Å². The third-order valence-corrected chi connectivity index (χ3v) is 2.86. The Balaban J connectivity index is 2.62. The molecule has 0 spiro atoms. The Hall–Kier alpha value is -2.62. The molecule has 0 aliphatic rings. The van der Waals surface area contributed by atoms with Crippen molar-refractivity contribution in [2.24, 2.45) is 5.92 Å². The van der Waals surface area contributed by atoms with Crippen molar-refractivity contribution in [3.05, 3.63) is 30.1 Å². The maximum atomic E-state index is 12.1. The van der Waals surface area contributed by atoms with Gasteiger partial charge >= 0.3 is 12.0 Å². The Bertz CT molecular complexity index is 513. The number of hydrogen-bond donors (Lipinski definition) is 2. The number of carboxylic acids is 1. The van der Waals surface area contributed by atoms with E-state index in [2.05, 4.69) is 10.3 Å². The number of aromatic nitrogens is 1. The number of aliphatic carboxylic acids is 1. The second-order valence-corrected chi connectivity index (χ2v) is 4.62. The molecule has 0 aliphatic carbocycles. The fourth-order valence-electron chi connectivity index (χ4n) is 1.59. The van der Waals surface area contributed by atoms with Crippen molar-refractivity contribution in [2.75, 3.05) is 13.1 Å². The molecule has 2 N–H and O–H groups in total. The fourth-order valence-corrected chi connectivity index (χ4v) is 1.59. The van der Waals surface area contributed by atoms with Gasteiger partial charge in [-0.25, -0.2) is 4.79 Å². The Labute approximate surface area is 123 Å². The van der Waals surface area contributed by atoms with Crippen molar-refractivity contribution >= 4 is 12.0 Å². The maximum absolute atomic E-state index is 12.1. The third kappa shape index (κ3) is 5.91. The van der Waals surface area contributed by atoms with Crippen molar-refractivity contribution in [3.63, 3.8) is 0 Å². The molecular weight excluding hydrogens is 272 g/mol. The fraction of sp³-hybridized carbons (Fsp3) is 0.429. The van der Waals surface area contributed by atoms with E-state index >= 15 is 0 Å². The first kappa shape index (κ1) is 16.4. The van der Waals surface area contributed by atoms with E-state index in [9.17, 15) is 9.59 Å². The van der Waals surface area contributed by atoms with E-state index in [1.807, 2.05) is 12.1 Å². The average molecular weight is 290 g/mol. The zero-order chi connectivity index (χ0) is 15.7. The number of carbonyl (C=O) groups is 2. The number of nitrogens with one attached hydrogen (secondary N) is 1. The summed E-state index contributed by atoms with van der Waals surface area (Å²) in [7, 11) is 0. The Morgan fingerprint density at radius 2 is 2.33 bits per heavy atom. The summed E-state index contributed by atoms with van der Waals surface area (Å²) in [6.07, 6.45) is 3.49. The first-order valence-electron chi connectivity index (χ1n) is 6.56. The summed E-state index contributed by atoms with van der Waals surface area (Å²) in [5.74, 6) is -1.63. The van der Waals surface area contributed by atoms with Gasteiger partial charge in [-0.2, -0.15) is 5.26 Å². The van der Waals surface area contributed by atoms with Gasteiger partial charge in [-0.1, -0.05) is 13.0 Å². The van der Waals surface area contributed by atoms with Crippen LogP contribution in [0.5, 0.6) is 0 Å². The minimum Gasteiger partial charge on any atom is -0.481 e. The molecule has 1 rings (SSSR count). The summed E-state index contributed by atoms with van der Waals surface area (Å²) in [4.78, 5) is 28.2. The largest absolute Gasteiger partial charge is 0.481 e. The molecule has 0 aromatic carbocycles. The number of pyridine rings is 1. The molecule has 0 saturated heterocycles. The summed E-state index contributed by atoms with van der Waals surface area (Å²) < 4.78 is 0. The van der Waals surface area contributed by atoms with Gasteiger partial charge in [0.2, 0.25) is 0 Å². The average Bonchev–Trinajstić information content (AvgIpc) is 2.49. The van der Waals surface area contributed by atoms with Gasteiger partial charge in [-0.05, 0) is 11.6 Å². The number of carboxylic acid groups (broad SMARTS) is 1. The second kappa shape index (κ2) is 8.53. The molecule has 0 radical (unpaired) electrons. The van der Waals surface area contributed by atoms with E-state index in [1.165, 1.54) is 11.8 Å². The molecule has 21 heavy (non-hydrogen) atoms. The minimum atomic E-state index is -0.967. The number of amides is 2. The van der Waals surface area contributed by atoms with Crippen LogP contribution < -0.4 is 5.32 Å². The molecule has 1 heterocycles. The first-order valence-corrected chi connectivity index (χ1v) is 6.56. The zero-order valence-electron chi connectivity index (χ0n) is 11.8. The van der Waals surface area contributed by atoms with Crippen LogP contribution in [0.3, 0.4) is 0 Å². The van der Waals surface area contributed by atoms with Crippen LogP contribution in [-0.2, 0) is 11.3 Å². The normalized spacial score (nSPS) is 11.2. The van der Waals surface area contributed by atoms with Crippen molar-refractivity contribution in [1.29, 1.82) is 5.26 Å².